The van der Waals surface area contributed by atoms with E-state index in [1.54, 1.807) is 35.0 Å². The van der Waals surface area contributed by atoms with Crippen LogP contribution in [0.3, 0.4) is 0 Å². The SMILES string of the molecule is Cc1cn(C)nc1C(=O)N(Cc1ccccc1)c1nc2c(F)cccc2s1. The Labute approximate surface area is 159 Å². The molecule has 0 aliphatic carbocycles. The lowest BCUT2D eigenvalue weighted by Gasteiger charge is -2.19. The van der Waals surface area contributed by atoms with E-state index in [-0.39, 0.29) is 11.4 Å². The summed E-state index contributed by atoms with van der Waals surface area (Å²) < 4.78 is 16.4. The van der Waals surface area contributed by atoms with Gasteiger partial charge in [-0.15, -0.1) is 0 Å². The minimum atomic E-state index is -0.392. The number of benzene rings is 2. The number of fused-ring (bicyclic) bond motifs is 1. The van der Waals surface area contributed by atoms with Crippen LogP contribution >= 0.6 is 11.3 Å². The summed E-state index contributed by atoms with van der Waals surface area (Å²) in [5.41, 5.74) is 2.39. The molecule has 0 fully saturated rings. The molecule has 0 radical (unpaired) electrons. The third kappa shape index (κ3) is 3.33. The zero-order valence-corrected chi connectivity index (χ0v) is 15.7. The first-order valence-electron chi connectivity index (χ1n) is 8.44. The summed E-state index contributed by atoms with van der Waals surface area (Å²) in [6.45, 7) is 2.18. The molecule has 136 valence electrons. The first-order valence-corrected chi connectivity index (χ1v) is 9.25. The van der Waals surface area contributed by atoms with Crippen LogP contribution in [0.25, 0.3) is 10.2 Å². The quantitative estimate of drug-likeness (QED) is 0.530. The molecule has 27 heavy (non-hydrogen) atoms. The number of aryl methyl sites for hydroxylation is 2. The fourth-order valence-corrected chi connectivity index (χ4v) is 3.93. The Hall–Kier alpha value is -3.06. The van der Waals surface area contributed by atoms with E-state index in [9.17, 15) is 9.18 Å². The van der Waals surface area contributed by atoms with Gasteiger partial charge in [-0.2, -0.15) is 5.10 Å². The normalized spacial score (nSPS) is 11.1. The maximum atomic E-state index is 14.1. The number of carbonyl (C=O) groups is 1. The van der Waals surface area contributed by atoms with Crippen LogP contribution in [0, 0.1) is 12.7 Å². The van der Waals surface area contributed by atoms with Gasteiger partial charge in [0.15, 0.2) is 10.8 Å². The summed E-state index contributed by atoms with van der Waals surface area (Å²) >= 11 is 1.29. The number of rotatable bonds is 4. The van der Waals surface area contributed by atoms with Crippen molar-refractivity contribution >= 4 is 32.6 Å². The largest absolute Gasteiger partial charge is 0.281 e. The maximum absolute atomic E-state index is 14.1. The van der Waals surface area contributed by atoms with Gasteiger partial charge < -0.3 is 0 Å². The molecule has 0 aliphatic heterocycles. The van der Waals surface area contributed by atoms with Gasteiger partial charge in [-0.25, -0.2) is 9.37 Å². The number of carbonyl (C=O) groups excluding carboxylic acids is 1. The van der Waals surface area contributed by atoms with Gasteiger partial charge in [0.05, 0.1) is 11.2 Å². The second-order valence-corrected chi connectivity index (χ2v) is 7.30. The van der Waals surface area contributed by atoms with E-state index in [1.165, 1.54) is 17.4 Å². The van der Waals surface area contributed by atoms with E-state index >= 15 is 0 Å². The highest BCUT2D eigenvalue weighted by atomic mass is 32.1. The number of thiazole rings is 1. The number of aromatic nitrogens is 3. The van der Waals surface area contributed by atoms with Gasteiger partial charge in [-0.05, 0) is 24.6 Å². The zero-order valence-electron chi connectivity index (χ0n) is 14.9. The molecule has 0 bridgehead atoms. The Balaban J connectivity index is 1.80. The van der Waals surface area contributed by atoms with Crippen molar-refractivity contribution in [1.82, 2.24) is 14.8 Å². The third-order valence-corrected chi connectivity index (χ3v) is 5.28. The predicted octanol–water partition coefficient (Wildman–Crippen LogP) is 4.32. The Morgan fingerprint density at radius 2 is 1.96 bits per heavy atom. The van der Waals surface area contributed by atoms with Crippen LogP contribution < -0.4 is 4.90 Å². The Morgan fingerprint density at radius 1 is 1.19 bits per heavy atom. The molecule has 2 heterocycles. The summed E-state index contributed by atoms with van der Waals surface area (Å²) in [6, 6.07) is 14.5. The molecule has 7 heteroatoms. The van der Waals surface area contributed by atoms with Gasteiger partial charge in [-0.1, -0.05) is 47.7 Å². The molecule has 2 aromatic carbocycles. The van der Waals surface area contributed by atoms with Gasteiger partial charge in [-0.3, -0.25) is 14.4 Å². The van der Waals surface area contributed by atoms with Crippen LogP contribution in [0.1, 0.15) is 21.6 Å². The average Bonchev–Trinajstić information content (AvgIpc) is 3.23. The van der Waals surface area contributed by atoms with E-state index in [4.69, 9.17) is 0 Å². The molecule has 0 unspecified atom stereocenters. The van der Waals surface area contributed by atoms with Gasteiger partial charge in [0, 0.05) is 18.8 Å². The molecule has 2 aromatic heterocycles. The van der Waals surface area contributed by atoms with Crippen LogP contribution in [0.4, 0.5) is 9.52 Å². The highest BCUT2D eigenvalue weighted by Gasteiger charge is 2.25. The van der Waals surface area contributed by atoms with Gasteiger partial charge >= 0.3 is 0 Å². The minimum Gasteiger partial charge on any atom is -0.278 e. The number of halogens is 1. The van der Waals surface area contributed by atoms with Crippen molar-refractivity contribution in [2.24, 2.45) is 7.05 Å². The number of nitrogens with zero attached hydrogens (tertiary/aromatic N) is 4. The smallest absolute Gasteiger partial charge is 0.278 e. The summed E-state index contributed by atoms with van der Waals surface area (Å²) in [7, 11) is 1.78. The van der Waals surface area contributed by atoms with E-state index in [0.717, 1.165) is 11.1 Å². The Kier molecular flexibility index (Phi) is 4.45. The van der Waals surface area contributed by atoms with Crippen LogP contribution in [-0.4, -0.2) is 20.7 Å². The van der Waals surface area contributed by atoms with E-state index in [1.807, 2.05) is 37.3 Å². The predicted molar refractivity (Wildman–Crippen MR) is 104 cm³/mol. The fraction of sp³-hybridized carbons (Fsp3) is 0.150. The molecular formula is C20H17FN4OS. The first-order chi connectivity index (χ1) is 13.0. The molecule has 0 N–H and O–H groups in total. The van der Waals surface area contributed by atoms with Crippen molar-refractivity contribution in [3.8, 4) is 0 Å². The van der Waals surface area contributed by atoms with Crippen molar-refractivity contribution in [3.05, 3.63) is 77.4 Å². The lowest BCUT2D eigenvalue weighted by atomic mass is 10.2. The van der Waals surface area contributed by atoms with E-state index in [0.29, 0.717) is 22.1 Å². The summed E-state index contributed by atoms with van der Waals surface area (Å²) in [4.78, 5) is 19.2. The number of anilines is 1. The third-order valence-electron chi connectivity index (χ3n) is 4.23. The summed E-state index contributed by atoms with van der Waals surface area (Å²) in [5.74, 6) is -0.646. The van der Waals surface area contributed by atoms with Crippen LogP contribution in [-0.2, 0) is 13.6 Å². The van der Waals surface area contributed by atoms with Crippen LogP contribution in [0.15, 0.2) is 54.7 Å². The second-order valence-electron chi connectivity index (χ2n) is 6.29. The van der Waals surface area contributed by atoms with Gasteiger partial charge in [0.1, 0.15) is 11.3 Å². The first kappa shape index (κ1) is 17.4. The number of amides is 1. The monoisotopic (exact) mass is 380 g/mol. The Bertz CT molecular complexity index is 1120. The topological polar surface area (TPSA) is 51.0 Å². The van der Waals surface area contributed by atoms with Crippen molar-refractivity contribution in [3.63, 3.8) is 0 Å². The molecule has 5 nitrogen and oxygen atoms in total. The highest BCUT2D eigenvalue weighted by molar-refractivity contribution is 7.22. The van der Waals surface area contributed by atoms with Crippen LogP contribution in [0.5, 0.6) is 0 Å². The number of hydrogen-bond donors (Lipinski definition) is 0. The summed E-state index contributed by atoms with van der Waals surface area (Å²) in [6.07, 6.45) is 1.80. The standard InChI is InChI=1S/C20H17FN4OS/c1-13-11-24(2)23-17(13)19(26)25(12-14-7-4-3-5-8-14)20-22-18-15(21)9-6-10-16(18)27-20/h3-11H,12H2,1-2H3. The maximum Gasteiger partial charge on any atom is 0.281 e. The Morgan fingerprint density at radius 3 is 2.63 bits per heavy atom. The lowest BCUT2D eigenvalue weighted by molar-refractivity contribution is 0.0979. The van der Waals surface area contributed by atoms with Crippen molar-refractivity contribution in [2.75, 3.05) is 4.90 Å². The summed E-state index contributed by atoms with van der Waals surface area (Å²) in [5, 5.41) is 4.75. The molecular weight excluding hydrogens is 363 g/mol. The molecule has 4 rings (SSSR count). The molecule has 0 saturated heterocycles. The second kappa shape index (κ2) is 6.92. The molecule has 4 aromatic rings. The molecule has 0 saturated carbocycles. The molecule has 1 amide bonds. The van der Waals surface area contributed by atoms with Gasteiger partial charge in [0.25, 0.3) is 5.91 Å². The van der Waals surface area contributed by atoms with E-state index in [2.05, 4.69) is 10.1 Å². The van der Waals surface area contributed by atoms with Crippen molar-refractivity contribution < 1.29 is 9.18 Å². The minimum absolute atomic E-state index is 0.253. The average molecular weight is 380 g/mol. The van der Waals surface area contributed by atoms with Crippen molar-refractivity contribution in [1.29, 1.82) is 0 Å². The van der Waals surface area contributed by atoms with Gasteiger partial charge in [0.2, 0.25) is 0 Å². The lowest BCUT2D eigenvalue weighted by Crippen LogP contribution is -2.31. The number of hydrogen-bond acceptors (Lipinski definition) is 4. The number of para-hydroxylation sites is 1. The molecule has 0 atom stereocenters. The molecule has 0 aliphatic rings. The van der Waals surface area contributed by atoms with Crippen LogP contribution in [0.2, 0.25) is 0 Å². The van der Waals surface area contributed by atoms with Crippen molar-refractivity contribution in [2.45, 2.75) is 13.5 Å². The highest BCUT2D eigenvalue weighted by Crippen LogP contribution is 2.32. The fourth-order valence-electron chi connectivity index (χ4n) is 2.96. The zero-order chi connectivity index (χ0) is 19.0. The molecule has 0 spiro atoms. The van der Waals surface area contributed by atoms with E-state index < -0.39 is 5.82 Å².